The van der Waals surface area contributed by atoms with Crippen LogP contribution in [0.5, 0.6) is 0 Å². The molecule has 0 aromatic heterocycles. The fourth-order valence-electron chi connectivity index (χ4n) is 1.61. The summed E-state index contributed by atoms with van der Waals surface area (Å²) in [7, 11) is 0. The van der Waals surface area contributed by atoms with E-state index in [0.717, 1.165) is 10.0 Å². The highest BCUT2D eigenvalue weighted by molar-refractivity contribution is 9.10. The number of hydrogen-bond donors (Lipinski definition) is 1. The van der Waals surface area contributed by atoms with Gasteiger partial charge in [-0.2, -0.15) is 0 Å². The molecule has 2 aromatic carbocycles. The molecule has 0 heterocycles. The van der Waals surface area contributed by atoms with Gasteiger partial charge in [0.2, 0.25) is 0 Å². The number of anilines is 1. The summed E-state index contributed by atoms with van der Waals surface area (Å²) in [6.07, 6.45) is 0. The number of hydrogen-bond acceptors (Lipinski definition) is 1. The van der Waals surface area contributed by atoms with Crippen molar-refractivity contribution in [3.05, 3.63) is 62.3 Å². The van der Waals surface area contributed by atoms with Crippen LogP contribution in [0.25, 0.3) is 0 Å². The van der Waals surface area contributed by atoms with E-state index >= 15 is 0 Å². The highest BCUT2D eigenvalue weighted by atomic mass is 79.9. The van der Waals surface area contributed by atoms with E-state index in [4.69, 9.17) is 0 Å². The van der Waals surface area contributed by atoms with Gasteiger partial charge < -0.3 is 5.32 Å². The summed E-state index contributed by atoms with van der Waals surface area (Å²) in [5.74, 6) is -1.03. The number of amides is 1. The molecule has 0 unspecified atom stereocenters. The van der Waals surface area contributed by atoms with Crippen molar-refractivity contribution in [2.75, 3.05) is 5.32 Å². The van der Waals surface area contributed by atoms with Gasteiger partial charge in [-0.3, -0.25) is 4.79 Å². The molecule has 0 atom stereocenters. The average molecular weight is 387 g/mol. The average Bonchev–Trinajstić information content (AvgIpc) is 2.38. The van der Waals surface area contributed by atoms with Crippen molar-refractivity contribution in [3.63, 3.8) is 0 Å². The number of rotatable bonds is 2. The molecule has 0 bridgehead atoms. The monoisotopic (exact) mass is 385 g/mol. The van der Waals surface area contributed by atoms with Crippen LogP contribution in [0.2, 0.25) is 0 Å². The van der Waals surface area contributed by atoms with Gasteiger partial charge in [0.1, 0.15) is 5.82 Å². The first-order valence-electron chi connectivity index (χ1n) is 5.51. The Morgan fingerprint density at radius 3 is 2.47 bits per heavy atom. The van der Waals surface area contributed by atoms with Gasteiger partial charge >= 0.3 is 0 Å². The Bertz CT molecular complexity index is 643. The van der Waals surface area contributed by atoms with Crippen molar-refractivity contribution in [1.29, 1.82) is 0 Å². The predicted molar refractivity (Wildman–Crippen MR) is 80.9 cm³/mol. The molecule has 98 valence electrons. The molecule has 1 N–H and O–H groups in total. The summed E-state index contributed by atoms with van der Waals surface area (Å²) in [4.78, 5) is 12.1. The van der Waals surface area contributed by atoms with E-state index in [-0.39, 0.29) is 10.0 Å². The standard InChI is InChI=1S/C14H10Br2FNO/c1-8-10(15)5-3-7-12(8)18-14(19)9-4-2-6-11(16)13(9)17/h2-7H,1H3,(H,18,19). The third kappa shape index (κ3) is 3.04. The Morgan fingerprint density at radius 1 is 1.11 bits per heavy atom. The van der Waals surface area contributed by atoms with Crippen LogP contribution in [0.1, 0.15) is 15.9 Å². The van der Waals surface area contributed by atoms with Gasteiger partial charge in [0.15, 0.2) is 0 Å². The molecule has 2 nitrogen and oxygen atoms in total. The minimum Gasteiger partial charge on any atom is -0.322 e. The van der Waals surface area contributed by atoms with Crippen molar-refractivity contribution in [2.24, 2.45) is 0 Å². The summed E-state index contributed by atoms with van der Waals surface area (Å²) in [5, 5.41) is 2.71. The molecule has 0 radical (unpaired) electrons. The lowest BCUT2D eigenvalue weighted by Crippen LogP contribution is -2.14. The first kappa shape index (κ1) is 14.2. The lowest BCUT2D eigenvalue weighted by Gasteiger charge is -2.10. The molecule has 2 rings (SSSR count). The summed E-state index contributed by atoms with van der Waals surface area (Å²) < 4.78 is 15.0. The van der Waals surface area contributed by atoms with Crippen LogP contribution in [0.4, 0.5) is 10.1 Å². The lowest BCUT2D eigenvalue weighted by molar-refractivity contribution is 0.102. The van der Waals surface area contributed by atoms with E-state index < -0.39 is 11.7 Å². The van der Waals surface area contributed by atoms with Crippen LogP contribution in [0, 0.1) is 12.7 Å². The highest BCUT2D eigenvalue weighted by Crippen LogP contribution is 2.25. The van der Waals surface area contributed by atoms with Gasteiger partial charge in [0.25, 0.3) is 5.91 Å². The van der Waals surface area contributed by atoms with Crippen molar-refractivity contribution >= 4 is 43.5 Å². The molecule has 0 spiro atoms. The van der Waals surface area contributed by atoms with Gasteiger partial charge in [0.05, 0.1) is 10.0 Å². The van der Waals surface area contributed by atoms with Crippen LogP contribution < -0.4 is 5.32 Å². The van der Waals surface area contributed by atoms with Crippen molar-refractivity contribution in [2.45, 2.75) is 6.92 Å². The van der Waals surface area contributed by atoms with Crippen molar-refractivity contribution < 1.29 is 9.18 Å². The molecular weight excluding hydrogens is 377 g/mol. The highest BCUT2D eigenvalue weighted by Gasteiger charge is 2.15. The summed E-state index contributed by atoms with van der Waals surface area (Å²) >= 11 is 6.45. The van der Waals surface area contributed by atoms with E-state index in [1.165, 1.54) is 6.07 Å². The minimum atomic E-state index is -0.562. The van der Waals surface area contributed by atoms with Gasteiger partial charge in [-0.25, -0.2) is 4.39 Å². The third-order valence-electron chi connectivity index (χ3n) is 2.71. The largest absolute Gasteiger partial charge is 0.322 e. The molecule has 0 saturated heterocycles. The molecule has 19 heavy (non-hydrogen) atoms. The SMILES string of the molecule is Cc1c(Br)cccc1NC(=O)c1cccc(Br)c1F. The van der Waals surface area contributed by atoms with Gasteiger partial charge in [-0.15, -0.1) is 0 Å². The maximum atomic E-state index is 13.8. The quantitative estimate of drug-likeness (QED) is 0.780. The Morgan fingerprint density at radius 2 is 1.74 bits per heavy atom. The topological polar surface area (TPSA) is 29.1 Å². The first-order valence-corrected chi connectivity index (χ1v) is 7.10. The normalized spacial score (nSPS) is 10.3. The van der Waals surface area contributed by atoms with Crippen LogP contribution in [-0.2, 0) is 0 Å². The van der Waals surface area contributed by atoms with Crippen molar-refractivity contribution in [3.8, 4) is 0 Å². The van der Waals surface area contributed by atoms with Crippen molar-refractivity contribution in [1.82, 2.24) is 0 Å². The molecule has 2 aromatic rings. The first-order chi connectivity index (χ1) is 9.00. The van der Waals surface area contributed by atoms with E-state index in [2.05, 4.69) is 37.2 Å². The third-order valence-corrected chi connectivity index (χ3v) is 4.18. The molecule has 5 heteroatoms. The second-order valence-corrected chi connectivity index (χ2v) is 5.68. The molecule has 0 aliphatic carbocycles. The van der Waals surface area contributed by atoms with Gasteiger partial charge in [0, 0.05) is 10.2 Å². The van der Waals surface area contributed by atoms with Crippen LogP contribution in [-0.4, -0.2) is 5.91 Å². The van der Waals surface area contributed by atoms with Gasteiger partial charge in [-0.1, -0.05) is 28.1 Å². The zero-order valence-electron chi connectivity index (χ0n) is 10.0. The number of carbonyl (C=O) groups is 1. The fourth-order valence-corrected chi connectivity index (χ4v) is 2.34. The fraction of sp³-hybridized carbons (Fsp3) is 0.0714. The number of nitrogens with one attached hydrogen (secondary N) is 1. The van der Waals surface area contributed by atoms with E-state index in [0.29, 0.717) is 5.69 Å². The van der Waals surface area contributed by atoms with Crippen LogP contribution >= 0.6 is 31.9 Å². The Kier molecular flexibility index (Phi) is 4.37. The van der Waals surface area contributed by atoms with Crippen LogP contribution in [0.15, 0.2) is 45.3 Å². The van der Waals surface area contributed by atoms with Crippen LogP contribution in [0.3, 0.4) is 0 Å². The zero-order chi connectivity index (χ0) is 14.0. The Hall–Kier alpha value is -1.20. The molecule has 0 aliphatic rings. The summed E-state index contributed by atoms with van der Waals surface area (Å²) in [5.41, 5.74) is 1.55. The second-order valence-electron chi connectivity index (χ2n) is 3.97. The van der Waals surface area contributed by atoms with E-state index in [1.54, 1.807) is 18.2 Å². The maximum Gasteiger partial charge on any atom is 0.258 e. The smallest absolute Gasteiger partial charge is 0.258 e. The summed E-state index contributed by atoms with van der Waals surface area (Å²) in [6.45, 7) is 1.87. The number of halogens is 3. The zero-order valence-corrected chi connectivity index (χ0v) is 13.2. The Labute approximate surface area is 127 Å². The molecule has 0 fully saturated rings. The second kappa shape index (κ2) is 5.84. The number of benzene rings is 2. The van der Waals surface area contributed by atoms with Gasteiger partial charge in [-0.05, 0) is 52.7 Å². The molecule has 1 amide bonds. The van der Waals surface area contributed by atoms with E-state index in [9.17, 15) is 9.18 Å². The lowest BCUT2D eigenvalue weighted by atomic mass is 10.1. The maximum absolute atomic E-state index is 13.8. The number of carbonyl (C=O) groups excluding carboxylic acids is 1. The van der Waals surface area contributed by atoms with E-state index in [1.807, 2.05) is 19.1 Å². The molecule has 0 saturated carbocycles. The molecule has 0 aliphatic heterocycles. The molecular formula is C14H10Br2FNO. The Balaban J connectivity index is 2.31. The predicted octanol–water partition coefficient (Wildman–Crippen LogP) is 4.91. The summed E-state index contributed by atoms with van der Waals surface area (Å²) in [6, 6.07) is 10.1. The minimum absolute atomic E-state index is 0.00810.